The number of nitriles is 1. The fourth-order valence-corrected chi connectivity index (χ4v) is 3.97. The van der Waals surface area contributed by atoms with E-state index in [-0.39, 0.29) is 5.56 Å². The first-order valence-electron chi connectivity index (χ1n) is 11.0. The van der Waals surface area contributed by atoms with Crippen molar-refractivity contribution in [2.45, 2.75) is 13.5 Å². The van der Waals surface area contributed by atoms with Crippen molar-refractivity contribution < 1.29 is 19.4 Å². The van der Waals surface area contributed by atoms with E-state index in [4.69, 9.17) is 26.2 Å². The van der Waals surface area contributed by atoms with Gasteiger partial charge in [0.25, 0.3) is 0 Å². The van der Waals surface area contributed by atoms with Gasteiger partial charge in [0.1, 0.15) is 6.61 Å². The highest BCUT2D eigenvalue weighted by atomic mass is 35.5. The van der Waals surface area contributed by atoms with Gasteiger partial charge < -0.3 is 14.6 Å². The van der Waals surface area contributed by atoms with Crippen LogP contribution in [0.15, 0.2) is 78.9 Å². The summed E-state index contributed by atoms with van der Waals surface area (Å²) in [5, 5.41) is 21.4. The zero-order valence-electron chi connectivity index (χ0n) is 19.0. The molecular weight excluding hydrogens is 462 g/mol. The van der Waals surface area contributed by atoms with Gasteiger partial charge in [0.15, 0.2) is 11.5 Å². The maximum absolute atomic E-state index is 11.1. The van der Waals surface area contributed by atoms with Crippen LogP contribution in [-0.4, -0.2) is 17.7 Å². The third kappa shape index (κ3) is 5.63. The van der Waals surface area contributed by atoms with E-state index in [2.05, 4.69) is 30.3 Å². The molecule has 4 aromatic carbocycles. The Morgan fingerprint density at radius 1 is 0.971 bits per heavy atom. The van der Waals surface area contributed by atoms with Gasteiger partial charge in [-0.2, -0.15) is 5.26 Å². The summed E-state index contributed by atoms with van der Waals surface area (Å²) in [4.78, 5) is 11.1. The van der Waals surface area contributed by atoms with Crippen LogP contribution in [0, 0.1) is 11.3 Å². The average Bonchev–Trinajstić information content (AvgIpc) is 2.87. The van der Waals surface area contributed by atoms with Gasteiger partial charge in [0.05, 0.1) is 28.8 Å². The van der Waals surface area contributed by atoms with Crippen molar-refractivity contribution in [3.05, 3.63) is 106 Å². The highest BCUT2D eigenvalue weighted by molar-refractivity contribution is 6.32. The van der Waals surface area contributed by atoms with Crippen molar-refractivity contribution in [3.63, 3.8) is 0 Å². The van der Waals surface area contributed by atoms with Crippen molar-refractivity contribution in [2.75, 3.05) is 6.61 Å². The highest BCUT2D eigenvalue weighted by Crippen LogP contribution is 2.38. The molecule has 0 spiro atoms. The fraction of sp³-hybridized carbons (Fsp3) is 0.103. The number of aromatic carboxylic acids is 1. The number of halogens is 1. The molecule has 0 amide bonds. The molecule has 0 heterocycles. The topological polar surface area (TPSA) is 79.5 Å². The lowest BCUT2D eigenvalue weighted by Crippen LogP contribution is -2.01. The van der Waals surface area contributed by atoms with Gasteiger partial charge in [-0.15, -0.1) is 0 Å². The molecule has 0 fully saturated rings. The van der Waals surface area contributed by atoms with Crippen LogP contribution in [0.5, 0.6) is 11.5 Å². The predicted octanol–water partition coefficient (Wildman–Crippen LogP) is 7.23. The predicted molar refractivity (Wildman–Crippen MR) is 138 cm³/mol. The second-order valence-electron chi connectivity index (χ2n) is 7.79. The Morgan fingerprint density at radius 3 is 2.37 bits per heavy atom. The first kappa shape index (κ1) is 23.9. The number of carboxylic acids is 1. The summed E-state index contributed by atoms with van der Waals surface area (Å²) in [5.74, 6) is -0.111. The van der Waals surface area contributed by atoms with Crippen molar-refractivity contribution >= 4 is 40.0 Å². The number of allylic oxidation sites excluding steroid dienone is 1. The summed E-state index contributed by atoms with van der Waals surface area (Å²) in [5.41, 5.74) is 2.78. The van der Waals surface area contributed by atoms with Gasteiger partial charge in [-0.05, 0) is 70.8 Å². The molecule has 174 valence electrons. The van der Waals surface area contributed by atoms with Crippen LogP contribution in [0.25, 0.3) is 22.4 Å². The number of hydrogen-bond donors (Lipinski definition) is 1. The maximum Gasteiger partial charge on any atom is 0.335 e. The first-order chi connectivity index (χ1) is 17.0. The Balaban J connectivity index is 1.61. The van der Waals surface area contributed by atoms with Crippen LogP contribution < -0.4 is 9.47 Å². The Kier molecular flexibility index (Phi) is 7.35. The maximum atomic E-state index is 11.1. The molecule has 0 aliphatic rings. The molecule has 0 unspecified atom stereocenters. The van der Waals surface area contributed by atoms with E-state index in [0.29, 0.717) is 46.4 Å². The van der Waals surface area contributed by atoms with Gasteiger partial charge in [0, 0.05) is 0 Å². The highest BCUT2D eigenvalue weighted by Gasteiger charge is 2.14. The molecule has 4 rings (SSSR count). The molecule has 5 nitrogen and oxygen atoms in total. The largest absolute Gasteiger partial charge is 0.490 e. The van der Waals surface area contributed by atoms with Crippen molar-refractivity contribution in [2.24, 2.45) is 0 Å². The number of rotatable bonds is 8. The van der Waals surface area contributed by atoms with E-state index in [0.717, 1.165) is 16.3 Å². The normalized spacial score (nSPS) is 11.2. The second-order valence-corrected chi connectivity index (χ2v) is 8.19. The van der Waals surface area contributed by atoms with Gasteiger partial charge in [-0.25, -0.2) is 4.79 Å². The average molecular weight is 484 g/mol. The number of hydrogen-bond acceptors (Lipinski definition) is 4. The molecule has 0 radical (unpaired) electrons. The van der Waals surface area contributed by atoms with Crippen LogP contribution in [0.3, 0.4) is 0 Å². The van der Waals surface area contributed by atoms with Crippen LogP contribution >= 0.6 is 11.6 Å². The number of carboxylic acid groups (broad SMARTS) is 1. The van der Waals surface area contributed by atoms with E-state index in [1.165, 1.54) is 12.1 Å². The molecule has 1 N–H and O–H groups in total. The summed E-state index contributed by atoms with van der Waals surface area (Å²) in [6.45, 7) is 2.60. The Hall–Kier alpha value is -4.27. The minimum Gasteiger partial charge on any atom is -0.490 e. The van der Waals surface area contributed by atoms with Crippen LogP contribution in [-0.2, 0) is 6.61 Å². The lowest BCUT2D eigenvalue weighted by Gasteiger charge is -2.15. The molecule has 0 saturated carbocycles. The third-order valence-electron chi connectivity index (χ3n) is 5.40. The Labute approximate surface area is 208 Å². The molecule has 0 saturated heterocycles. The number of nitrogens with zero attached hydrogens (tertiary/aromatic N) is 1. The molecule has 0 aliphatic carbocycles. The molecule has 0 aliphatic heterocycles. The smallest absolute Gasteiger partial charge is 0.335 e. The number of carbonyl (C=O) groups is 1. The zero-order valence-corrected chi connectivity index (χ0v) is 19.8. The lowest BCUT2D eigenvalue weighted by atomic mass is 10.0. The van der Waals surface area contributed by atoms with E-state index in [1.807, 2.05) is 25.1 Å². The molecule has 6 heteroatoms. The van der Waals surface area contributed by atoms with Gasteiger partial charge in [-0.3, -0.25) is 0 Å². The van der Waals surface area contributed by atoms with E-state index >= 15 is 0 Å². The quantitative estimate of drug-likeness (QED) is 0.211. The van der Waals surface area contributed by atoms with Gasteiger partial charge in [-0.1, -0.05) is 60.1 Å². The summed E-state index contributed by atoms with van der Waals surface area (Å²) >= 11 is 6.58. The number of benzene rings is 4. The van der Waals surface area contributed by atoms with Crippen molar-refractivity contribution in [3.8, 4) is 17.6 Å². The lowest BCUT2D eigenvalue weighted by molar-refractivity contribution is 0.0697. The van der Waals surface area contributed by atoms with Crippen LogP contribution in [0.4, 0.5) is 0 Å². The summed E-state index contributed by atoms with van der Waals surface area (Å²) in [6.07, 6.45) is 1.68. The van der Waals surface area contributed by atoms with E-state index in [9.17, 15) is 10.1 Å². The van der Waals surface area contributed by atoms with Gasteiger partial charge >= 0.3 is 5.97 Å². The monoisotopic (exact) mass is 483 g/mol. The third-order valence-corrected chi connectivity index (χ3v) is 5.68. The molecule has 4 aromatic rings. The number of fused-ring (bicyclic) bond motifs is 1. The Bertz CT molecular complexity index is 1450. The minimum absolute atomic E-state index is 0.153. The minimum atomic E-state index is -1.02. The van der Waals surface area contributed by atoms with Crippen molar-refractivity contribution in [1.82, 2.24) is 0 Å². The summed E-state index contributed by atoms with van der Waals surface area (Å²) < 4.78 is 11.9. The first-order valence-corrected chi connectivity index (χ1v) is 11.4. The SMILES string of the molecule is CCOc1cc(/C=C(/C#N)c2ccc(C(=O)O)cc2)cc(Cl)c1OCc1ccc2ccccc2c1. The van der Waals surface area contributed by atoms with Crippen LogP contribution in [0.2, 0.25) is 5.02 Å². The fourth-order valence-electron chi connectivity index (χ4n) is 3.70. The molecule has 0 atom stereocenters. The van der Waals surface area contributed by atoms with E-state index < -0.39 is 5.97 Å². The number of ether oxygens (including phenoxy) is 2. The summed E-state index contributed by atoms with van der Waals surface area (Å²) in [6, 6.07) is 26.0. The Morgan fingerprint density at radius 2 is 1.69 bits per heavy atom. The van der Waals surface area contributed by atoms with Gasteiger partial charge in [0.2, 0.25) is 0 Å². The molecule has 0 aromatic heterocycles. The zero-order chi connectivity index (χ0) is 24.8. The van der Waals surface area contributed by atoms with Crippen LogP contribution in [0.1, 0.15) is 34.0 Å². The second kappa shape index (κ2) is 10.8. The van der Waals surface area contributed by atoms with E-state index in [1.54, 1.807) is 30.3 Å². The molecule has 0 bridgehead atoms. The molecule has 35 heavy (non-hydrogen) atoms. The summed E-state index contributed by atoms with van der Waals surface area (Å²) in [7, 11) is 0. The molecular formula is C29H22ClNO4. The van der Waals surface area contributed by atoms with Crippen molar-refractivity contribution in [1.29, 1.82) is 5.26 Å². The standard InChI is InChI=1S/C29H22ClNO4/c1-2-34-27-16-20(14-25(17-31)22-9-11-23(12-10-22)29(32)33)15-26(30)28(27)35-18-19-7-8-21-5-3-4-6-24(21)13-19/h3-16H,2,18H2,1H3,(H,32,33)/b25-14-.